The second kappa shape index (κ2) is 15.9. The molecule has 7 rings (SSSR count). The number of carbonyl (C=O) groups is 1. The minimum absolute atomic E-state index is 0.00488. The van der Waals surface area contributed by atoms with Crippen LogP contribution in [-0.4, -0.2) is 92.1 Å². The fourth-order valence-electron chi connectivity index (χ4n) is 5.89. The maximum Gasteiger partial charge on any atom is 0.502 e. The van der Waals surface area contributed by atoms with E-state index in [2.05, 4.69) is 19.8 Å². The van der Waals surface area contributed by atoms with Crippen molar-refractivity contribution in [2.75, 3.05) is 26.1 Å². The predicted molar refractivity (Wildman–Crippen MR) is 183 cm³/mol. The summed E-state index contributed by atoms with van der Waals surface area (Å²) in [6.07, 6.45) is -11.5. The smallest absolute Gasteiger partial charge is 0.427 e. The number of nitrogens with two attached hydrogens (primary N) is 1. The number of aromatic nitrogens is 6. The number of aromatic amines is 1. The van der Waals surface area contributed by atoms with E-state index < -0.39 is 94.3 Å². The summed E-state index contributed by atoms with van der Waals surface area (Å²) in [4.78, 5) is 54.6. The molecule has 0 spiro atoms. The molecule has 0 radical (unpaired) electrons. The Labute approximate surface area is 311 Å². The summed E-state index contributed by atoms with van der Waals surface area (Å²) in [5, 5.41) is 0. The number of esters is 1. The van der Waals surface area contributed by atoms with Crippen LogP contribution in [0.25, 0.3) is 11.2 Å². The van der Waals surface area contributed by atoms with Crippen molar-refractivity contribution in [2.24, 2.45) is 0 Å². The lowest BCUT2D eigenvalue weighted by atomic mass is 10.1. The number of anilines is 1. The molecule has 0 aliphatic carbocycles. The Kier molecular flexibility index (Phi) is 11.4. The van der Waals surface area contributed by atoms with Gasteiger partial charge in [0.05, 0.1) is 26.7 Å². The lowest BCUT2D eigenvalue weighted by Gasteiger charge is -2.27. The van der Waals surface area contributed by atoms with Gasteiger partial charge in [-0.3, -0.25) is 41.8 Å². The number of imidazole rings is 1. The van der Waals surface area contributed by atoms with Crippen molar-refractivity contribution in [3.05, 3.63) is 75.6 Å². The molecule has 0 saturated carbocycles. The summed E-state index contributed by atoms with van der Waals surface area (Å²) in [6, 6.07) is 7.06. The van der Waals surface area contributed by atoms with Crippen molar-refractivity contribution < 1.29 is 64.6 Å². The molecule has 3 N–H and O–H groups in total. The van der Waals surface area contributed by atoms with Crippen LogP contribution in [0.3, 0.4) is 0 Å². The van der Waals surface area contributed by atoms with Crippen molar-refractivity contribution in [1.29, 1.82) is 0 Å². The number of fused-ring (bicyclic) bond motifs is 4. The molecule has 296 valence electrons. The van der Waals surface area contributed by atoms with Gasteiger partial charge in [0.2, 0.25) is 0 Å². The van der Waals surface area contributed by atoms with Crippen LogP contribution in [-0.2, 0) is 56.8 Å². The highest BCUT2D eigenvalue weighted by atomic mass is 32.7. The standard InChI is InChI=1S/C29H31F2N7O14P2S/c1-14(39)47-16-5-3-15(4-6-16)11-55-54(43)46-9-17-20(30)24(28(48-17)37-8-7-19(40)36-29(37)41)50-53(42,52-44-2)45-10-18-23(51-54)21(31)27(49-18)38-13-35-22-25(32)33-12-34-26(22)38/h3-8,12-13,17-18,20-21,23-24,27-28H,9-11H2,1-2H3,(H2,32,33,34)(H,36,40,41)/t17-,18-,20-,21-,23-,24-,27-,28-,53?,54?/m1/s1. The molecule has 2 bridgehead atoms. The number of benzene rings is 1. The van der Waals surface area contributed by atoms with E-state index in [0.717, 1.165) is 30.3 Å². The Morgan fingerprint density at radius 3 is 2.45 bits per heavy atom. The Balaban J connectivity index is 1.25. The van der Waals surface area contributed by atoms with Gasteiger partial charge >= 0.3 is 26.3 Å². The average molecular weight is 834 g/mol. The molecule has 3 aromatic heterocycles. The molecule has 6 heterocycles. The quantitative estimate of drug-likeness (QED) is 0.0850. The first-order chi connectivity index (χ1) is 26.3. The zero-order valence-electron chi connectivity index (χ0n) is 28.4. The van der Waals surface area contributed by atoms with E-state index in [1.54, 1.807) is 12.1 Å². The molecule has 0 amide bonds. The number of nitrogen functional groups attached to an aromatic ring is 1. The van der Waals surface area contributed by atoms with Crippen molar-refractivity contribution in [3.63, 3.8) is 0 Å². The normalized spacial score (nSPS) is 32.7. The van der Waals surface area contributed by atoms with Crippen LogP contribution in [0.1, 0.15) is 24.9 Å². The van der Waals surface area contributed by atoms with Gasteiger partial charge in [-0.25, -0.2) is 42.5 Å². The van der Waals surface area contributed by atoms with Crippen LogP contribution in [0.2, 0.25) is 0 Å². The summed E-state index contributed by atoms with van der Waals surface area (Å²) in [5.74, 6) is -0.389. The lowest BCUT2D eigenvalue weighted by Crippen LogP contribution is -2.38. The molecule has 4 aromatic rings. The van der Waals surface area contributed by atoms with E-state index in [1.807, 2.05) is 4.98 Å². The van der Waals surface area contributed by atoms with Crippen LogP contribution in [0.4, 0.5) is 14.6 Å². The fourth-order valence-corrected chi connectivity index (χ4v) is 10.4. The lowest BCUT2D eigenvalue weighted by molar-refractivity contribution is -0.208. The number of nitrogens with zero attached hydrogens (tertiary/aromatic N) is 5. The number of H-pyrrole nitrogens is 1. The first-order valence-corrected chi connectivity index (χ1v) is 20.7. The third-order valence-corrected chi connectivity index (χ3v) is 13.3. The zero-order valence-corrected chi connectivity index (χ0v) is 31.1. The third-order valence-electron chi connectivity index (χ3n) is 8.35. The molecule has 3 fully saturated rings. The Bertz CT molecular complexity index is 2270. The van der Waals surface area contributed by atoms with E-state index in [9.17, 15) is 23.5 Å². The first-order valence-electron chi connectivity index (χ1n) is 16.1. The van der Waals surface area contributed by atoms with E-state index in [4.69, 9.17) is 42.7 Å². The molecule has 10 atom stereocenters. The Morgan fingerprint density at radius 2 is 1.73 bits per heavy atom. The minimum Gasteiger partial charge on any atom is -0.427 e. The van der Waals surface area contributed by atoms with E-state index in [0.29, 0.717) is 16.9 Å². The van der Waals surface area contributed by atoms with Crippen LogP contribution in [0.15, 0.2) is 58.8 Å². The average Bonchev–Trinajstić information content (AvgIpc) is 3.80. The molecule has 55 heavy (non-hydrogen) atoms. The fraction of sp³-hybridized carbons (Fsp3) is 0.448. The zero-order chi connectivity index (χ0) is 39.1. The summed E-state index contributed by atoms with van der Waals surface area (Å²) < 4.78 is 108. The number of phosphoric acid groups is 1. The van der Waals surface area contributed by atoms with Crippen molar-refractivity contribution in [2.45, 2.75) is 61.9 Å². The summed E-state index contributed by atoms with van der Waals surface area (Å²) in [7, 11) is -4.08. The SMILES string of the molecule is COOP1(=O)OC[C@H]2O[C@@H](n3cnc4c(N)ncnc43)[C@H](F)[C@@H]2OP(=O)(SCc2ccc(OC(C)=O)cc2)OC[C@H]2O[C@@H](n3ccc(=O)[nH]c3=O)[C@H](O1)[C@@H]2F. The number of halogens is 2. The number of alkyl halides is 2. The van der Waals surface area contributed by atoms with Crippen LogP contribution < -0.4 is 21.7 Å². The van der Waals surface area contributed by atoms with Crippen molar-refractivity contribution in [3.8, 4) is 5.75 Å². The third kappa shape index (κ3) is 8.30. The predicted octanol–water partition coefficient (Wildman–Crippen LogP) is 2.90. The maximum atomic E-state index is 16.7. The monoisotopic (exact) mass is 833 g/mol. The number of rotatable bonds is 8. The second-order valence-corrected chi connectivity index (χ2v) is 17.5. The molecular formula is C29H31F2N7O14P2S. The van der Waals surface area contributed by atoms with E-state index in [1.165, 1.54) is 30.0 Å². The Morgan fingerprint density at radius 1 is 0.982 bits per heavy atom. The second-order valence-electron chi connectivity index (χ2n) is 12.0. The number of hydrogen-bond acceptors (Lipinski definition) is 19. The molecule has 21 nitrogen and oxygen atoms in total. The van der Waals surface area contributed by atoms with Crippen LogP contribution in [0.5, 0.6) is 5.75 Å². The van der Waals surface area contributed by atoms with Gasteiger partial charge in [-0.05, 0) is 29.1 Å². The molecule has 3 aliphatic rings. The first kappa shape index (κ1) is 39.3. The van der Waals surface area contributed by atoms with E-state index in [-0.39, 0.29) is 28.5 Å². The van der Waals surface area contributed by atoms with Gasteiger partial charge in [0, 0.05) is 24.9 Å². The van der Waals surface area contributed by atoms with Gasteiger partial charge in [0.15, 0.2) is 36.3 Å². The summed E-state index contributed by atoms with van der Waals surface area (Å²) in [6.45, 7) is -5.08. The van der Waals surface area contributed by atoms with Crippen LogP contribution in [0, 0.1) is 0 Å². The van der Waals surface area contributed by atoms with Gasteiger partial charge in [-0.2, -0.15) is 0 Å². The maximum absolute atomic E-state index is 16.7. The highest BCUT2D eigenvalue weighted by Crippen LogP contribution is 2.65. The number of nitrogens with one attached hydrogen (secondary N) is 1. The molecular weight excluding hydrogens is 802 g/mol. The summed E-state index contributed by atoms with van der Waals surface area (Å²) >= 11 is 0.599. The van der Waals surface area contributed by atoms with E-state index >= 15 is 8.78 Å². The highest BCUT2D eigenvalue weighted by molar-refractivity contribution is 8.54. The van der Waals surface area contributed by atoms with Crippen molar-refractivity contribution >= 4 is 49.0 Å². The molecule has 2 unspecified atom stereocenters. The molecule has 1 aromatic carbocycles. The highest BCUT2D eigenvalue weighted by Gasteiger charge is 2.56. The van der Waals surface area contributed by atoms with Gasteiger partial charge in [0.25, 0.3) is 5.56 Å². The van der Waals surface area contributed by atoms with Crippen LogP contribution >= 0.6 is 26.0 Å². The summed E-state index contributed by atoms with van der Waals surface area (Å²) in [5.41, 5.74) is 4.83. The molecule has 3 aliphatic heterocycles. The largest absolute Gasteiger partial charge is 0.502 e. The molecule has 3 saturated heterocycles. The molecule has 26 heteroatoms. The topological polar surface area (TPSA) is 259 Å². The van der Waals surface area contributed by atoms with Gasteiger partial charge in [-0.15, -0.1) is 4.67 Å². The van der Waals surface area contributed by atoms with Gasteiger partial charge in [0.1, 0.15) is 42.0 Å². The van der Waals surface area contributed by atoms with Gasteiger partial charge < -0.3 is 19.9 Å². The number of hydrogen-bond donors (Lipinski definition) is 2. The number of phosphoric ester groups is 1. The minimum atomic E-state index is -5.03. The van der Waals surface area contributed by atoms with Gasteiger partial charge in [-0.1, -0.05) is 12.1 Å². The Hall–Kier alpha value is -3.93. The van der Waals surface area contributed by atoms with Crippen molar-refractivity contribution in [1.82, 2.24) is 29.1 Å². The number of ether oxygens (including phenoxy) is 3. The number of carbonyl (C=O) groups excluding carboxylic acids is 1.